The largest absolute Gasteiger partial charge is 0.391 e. The zero-order chi connectivity index (χ0) is 22.2. The van der Waals surface area contributed by atoms with E-state index in [4.69, 9.17) is 10.5 Å². The van der Waals surface area contributed by atoms with Crippen LogP contribution in [0.1, 0.15) is 56.4 Å². The number of hydrogen-bond acceptors (Lipinski definition) is 8. The molecule has 4 fully saturated rings. The van der Waals surface area contributed by atoms with Crippen LogP contribution >= 0.6 is 23.1 Å². The maximum atomic E-state index is 7.37. The number of nitrogens with one attached hydrogen (secondary N) is 4. The zero-order valence-electron chi connectivity index (χ0n) is 18.8. The average Bonchev–Trinajstić information content (AvgIpc) is 3.51. The number of rotatable bonds is 9. The Bertz CT molecular complexity index is 1000. The Labute approximate surface area is 198 Å². The molecule has 0 aliphatic heterocycles. The lowest BCUT2D eigenvalue weighted by atomic mass is 9.57. The van der Waals surface area contributed by atoms with Crippen molar-refractivity contribution in [1.29, 1.82) is 5.53 Å². The van der Waals surface area contributed by atoms with Crippen LogP contribution in [0.4, 0.5) is 5.69 Å². The van der Waals surface area contributed by atoms with E-state index in [1.807, 2.05) is 30.1 Å². The lowest BCUT2D eigenvalue weighted by molar-refractivity contribution is 0.0833. The van der Waals surface area contributed by atoms with Gasteiger partial charge in [-0.3, -0.25) is 0 Å². The van der Waals surface area contributed by atoms with Gasteiger partial charge in [-0.15, -0.1) is 28.2 Å². The van der Waals surface area contributed by atoms with E-state index < -0.39 is 0 Å². The first kappa shape index (κ1) is 21.9. The number of thiazole rings is 1. The van der Waals surface area contributed by atoms with Crippen molar-refractivity contribution < 1.29 is 0 Å². The van der Waals surface area contributed by atoms with E-state index in [0.29, 0.717) is 11.4 Å². The first-order valence-electron chi connectivity index (χ1n) is 11.6. The molecule has 0 saturated heterocycles. The summed E-state index contributed by atoms with van der Waals surface area (Å²) in [7, 11) is 3.94. The third kappa shape index (κ3) is 4.20. The SMILES string of the molecule is CN/C=C(\N=N)Nc1ccc(-c2cnc(C34CCC(NC)(CC3)CC4)s2)c(SC2CC2)c1. The molecule has 0 amide bonds. The summed E-state index contributed by atoms with van der Waals surface area (Å²) in [5, 5.41) is 15.4. The number of anilines is 1. The molecule has 1 aromatic carbocycles. The average molecular weight is 469 g/mol. The Morgan fingerprint density at radius 1 is 1.19 bits per heavy atom. The molecule has 2 bridgehead atoms. The van der Waals surface area contributed by atoms with Gasteiger partial charge in [0.1, 0.15) is 0 Å². The van der Waals surface area contributed by atoms with Crippen LogP contribution in [0.2, 0.25) is 0 Å². The molecule has 4 saturated carbocycles. The second kappa shape index (κ2) is 8.80. The van der Waals surface area contributed by atoms with Crippen molar-refractivity contribution in [3.05, 3.63) is 41.4 Å². The van der Waals surface area contributed by atoms with Crippen LogP contribution in [-0.4, -0.2) is 29.9 Å². The molecule has 1 heterocycles. The van der Waals surface area contributed by atoms with Gasteiger partial charge in [0.15, 0.2) is 5.82 Å². The first-order valence-corrected chi connectivity index (χ1v) is 13.3. The number of benzene rings is 1. The lowest BCUT2D eigenvalue weighted by Crippen LogP contribution is -2.54. The maximum Gasteiger partial charge on any atom is 0.168 e. The summed E-state index contributed by atoms with van der Waals surface area (Å²) >= 11 is 3.88. The van der Waals surface area contributed by atoms with Crippen LogP contribution < -0.4 is 16.0 Å². The molecule has 6 nitrogen and oxygen atoms in total. The summed E-state index contributed by atoms with van der Waals surface area (Å²) in [5.74, 6) is 0.494. The predicted molar refractivity (Wildman–Crippen MR) is 134 cm³/mol. The molecular formula is C24H32N6S2. The van der Waals surface area contributed by atoms with Crippen molar-refractivity contribution in [2.24, 2.45) is 5.11 Å². The Morgan fingerprint density at radius 2 is 1.94 bits per heavy atom. The van der Waals surface area contributed by atoms with Gasteiger partial charge in [-0.1, -0.05) is 6.07 Å². The van der Waals surface area contributed by atoms with Gasteiger partial charge in [-0.05, 0) is 70.5 Å². The highest BCUT2D eigenvalue weighted by Crippen LogP contribution is 2.55. The van der Waals surface area contributed by atoms with Gasteiger partial charge in [0.05, 0.1) is 9.88 Å². The summed E-state index contributed by atoms with van der Waals surface area (Å²) in [6.07, 6.45) is 14.0. The van der Waals surface area contributed by atoms with Crippen LogP contribution in [0.25, 0.3) is 10.4 Å². The molecule has 0 atom stereocenters. The lowest BCUT2D eigenvalue weighted by Gasteiger charge is -2.52. The van der Waals surface area contributed by atoms with Crippen LogP contribution in [0.5, 0.6) is 0 Å². The topological polar surface area (TPSA) is 85.2 Å². The number of fused-ring (bicyclic) bond motifs is 3. The molecule has 4 aliphatic rings. The second-order valence-electron chi connectivity index (χ2n) is 9.42. The van der Waals surface area contributed by atoms with E-state index >= 15 is 0 Å². The summed E-state index contributed by atoms with van der Waals surface area (Å²) < 4.78 is 0. The van der Waals surface area contributed by atoms with Gasteiger partial charge < -0.3 is 16.0 Å². The van der Waals surface area contributed by atoms with Crippen LogP contribution in [0, 0.1) is 5.53 Å². The fourth-order valence-corrected chi connectivity index (χ4v) is 7.70. The van der Waals surface area contributed by atoms with E-state index in [1.54, 1.807) is 6.20 Å². The van der Waals surface area contributed by atoms with Gasteiger partial charge in [0, 0.05) is 51.8 Å². The molecule has 0 unspecified atom stereocenters. The highest BCUT2D eigenvalue weighted by Gasteiger charge is 2.50. The van der Waals surface area contributed by atoms with Crippen molar-refractivity contribution >= 4 is 28.8 Å². The molecule has 4 N–H and O–H groups in total. The fourth-order valence-electron chi connectivity index (χ4n) is 5.17. The number of thioether (sulfide) groups is 1. The molecule has 6 rings (SSSR count). The minimum absolute atomic E-state index is 0.287. The standard InChI is InChI=1S/C24H32N6S2/c1-26-15-21(30-25)29-16-3-6-18(19(13-16)31-17-4-5-17)20-14-28-22(32-20)23-7-10-24(27-2,11-8-23)12-9-23/h3,6,13-15,17,25-27,29H,4-5,7-12H2,1-2H3/b21-15-,30-25?. The van der Waals surface area contributed by atoms with E-state index in [1.165, 1.54) is 71.7 Å². The van der Waals surface area contributed by atoms with Gasteiger partial charge >= 0.3 is 0 Å². The van der Waals surface area contributed by atoms with Crippen molar-refractivity contribution in [1.82, 2.24) is 15.6 Å². The van der Waals surface area contributed by atoms with E-state index in [9.17, 15) is 0 Å². The summed E-state index contributed by atoms with van der Waals surface area (Å²) in [6, 6.07) is 6.49. The molecular weight excluding hydrogens is 436 g/mol. The highest BCUT2D eigenvalue weighted by molar-refractivity contribution is 8.00. The van der Waals surface area contributed by atoms with Crippen molar-refractivity contribution in [3.8, 4) is 10.4 Å². The van der Waals surface area contributed by atoms with E-state index in [2.05, 4.69) is 52.5 Å². The van der Waals surface area contributed by atoms with E-state index in [0.717, 1.165) is 10.9 Å². The molecule has 170 valence electrons. The summed E-state index contributed by atoms with van der Waals surface area (Å²) in [6.45, 7) is 0. The van der Waals surface area contributed by atoms with E-state index in [-0.39, 0.29) is 5.41 Å². The number of aromatic nitrogens is 1. The van der Waals surface area contributed by atoms with Gasteiger partial charge in [-0.2, -0.15) is 0 Å². The van der Waals surface area contributed by atoms with Crippen LogP contribution in [-0.2, 0) is 5.41 Å². The van der Waals surface area contributed by atoms with Gasteiger partial charge in [-0.25, -0.2) is 10.5 Å². The van der Waals surface area contributed by atoms with Crippen LogP contribution in [0.3, 0.4) is 0 Å². The van der Waals surface area contributed by atoms with Gasteiger partial charge in [0.25, 0.3) is 0 Å². The Hall–Kier alpha value is -1.90. The molecule has 32 heavy (non-hydrogen) atoms. The minimum atomic E-state index is 0.287. The second-order valence-corrected chi connectivity index (χ2v) is 11.8. The first-order chi connectivity index (χ1) is 15.6. The number of nitrogens with zero attached hydrogens (tertiary/aromatic N) is 2. The quantitative estimate of drug-likeness (QED) is 0.335. The summed E-state index contributed by atoms with van der Waals surface area (Å²) in [4.78, 5) is 7.56. The minimum Gasteiger partial charge on any atom is -0.391 e. The molecule has 4 aliphatic carbocycles. The zero-order valence-corrected chi connectivity index (χ0v) is 20.5. The third-order valence-electron chi connectivity index (χ3n) is 7.48. The van der Waals surface area contributed by atoms with Crippen molar-refractivity contribution in [3.63, 3.8) is 0 Å². The molecule has 8 heteroatoms. The van der Waals surface area contributed by atoms with Crippen LogP contribution in [0.15, 0.2) is 46.4 Å². The highest BCUT2D eigenvalue weighted by atomic mass is 32.2. The molecule has 1 aromatic heterocycles. The monoisotopic (exact) mass is 468 g/mol. The smallest absolute Gasteiger partial charge is 0.168 e. The fraction of sp³-hybridized carbons (Fsp3) is 0.542. The number of hydrogen-bond donors (Lipinski definition) is 4. The molecule has 2 aromatic rings. The molecule has 0 spiro atoms. The third-order valence-corrected chi connectivity index (χ3v) is 10.1. The van der Waals surface area contributed by atoms with Crippen molar-refractivity contribution in [2.45, 2.75) is 72.5 Å². The Kier molecular flexibility index (Phi) is 6.03. The Balaban J connectivity index is 1.42. The maximum absolute atomic E-state index is 7.37. The molecule has 0 radical (unpaired) electrons. The predicted octanol–water partition coefficient (Wildman–Crippen LogP) is 6.09. The summed E-state index contributed by atoms with van der Waals surface area (Å²) in [5.41, 5.74) is 10.3. The Morgan fingerprint density at radius 3 is 2.56 bits per heavy atom. The van der Waals surface area contributed by atoms with Crippen molar-refractivity contribution in [2.75, 3.05) is 19.4 Å². The normalized spacial score (nSPS) is 27.4. The van der Waals surface area contributed by atoms with Gasteiger partial charge in [0.2, 0.25) is 0 Å².